The normalized spacial score (nSPS) is 15.5. The maximum atomic E-state index is 13.8. The number of ether oxygens (including phenoxy) is 3. The van der Waals surface area contributed by atoms with Gasteiger partial charge in [0, 0.05) is 19.6 Å². The second kappa shape index (κ2) is 10.3. The fourth-order valence-electron chi connectivity index (χ4n) is 3.39. The fraction of sp³-hybridized carbons (Fsp3) is 0.381. The summed E-state index contributed by atoms with van der Waals surface area (Å²) in [6.07, 6.45) is 0. The van der Waals surface area contributed by atoms with Gasteiger partial charge < -0.3 is 19.5 Å². The van der Waals surface area contributed by atoms with Gasteiger partial charge in [-0.2, -0.15) is 0 Å². The Labute approximate surface area is 184 Å². The molecule has 1 heterocycles. The van der Waals surface area contributed by atoms with Gasteiger partial charge in [-0.1, -0.05) is 29.3 Å². The lowest BCUT2D eigenvalue weighted by molar-refractivity contribution is 0.0162. The number of hydrogen-bond donors (Lipinski definition) is 1. The van der Waals surface area contributed by atoms with Gasteiger partial charge in [-0.05, 0) is 29.8 Å². The van der Waals surface area contributed by atoms with Gasteiger partial charge in [-0.15, -0.1) is 0 Å². The highest BCUT2D eigenvalue weighted by atomic mass is 35.5. The van der Waals surface area contributed by atoms with Gasteiger partial charge in [0.1, 0.15) is 5.82 Å². The van der Waals surface area contributed by atoms with Crippen molar-refractivity contribution in [3.8, 4) is 11.5 Å². The molecule has 30 heavy (non-hydrogen) atoms. The van der Waals surface area contributed by atoms with Gasteiger partial charge in [-0.3, -0.25) is 9.69 Å². The maximum absolute atomic E-state index is 13.8. The first-order valence-electron chi connectivity index (χ1n) is 9.41. The van der Waals surface area contributed by atoms with E-state index in [1.165, 1.54) is 6.07 Å². The number of benzene rings is 2. The predicted octanol–water partition coefficient (Wildman–Crippen LogP) is 3.95. The van der Waals surface area contributed by atoms with Crippen LogP contribution in [0.3, 0.4) is 0 Å². The molecule has 1 atom stereocenters. The van der Waals surface area contributed by atoms with Gasteiger partial charge in [-0.25, -0.2) is 4.39 Å². The van der Waals surface area contributed by atoms with Crippen LogP contribution >= 0.6 is 23.2 Å². The summed E-state index contributed by atoms with van der Waals surface area (Å²) in [5.41, 5.74) is 0.981. The average molecular weight is 457 g/mol. The number of carbonyl (C=O) groups excluding carboxylic acids is 1. The molecule has 3 rings (SSSR count). The molecule has 0 spiro atoms. The third-order valence-corrected chi connectivity index (χ3v) is 5.59. The van der Waals surface area contributed by atoms with Crippen LogP contribution < -0.4 is 14.8 Å². The smallest absolute Gasteiger partial charge is 0.252 e. The predicted molar refractivity (Wildman–Crippen MR) is 113 cm³/mol. The first kappa shape index (κ1) is 22.6. The highest BCUT2D eigenvalue weighted by Crippen LogP contribution is 2.32. The zero-order valence-corrected chi connectivity index (χ0v) is 18.2. The van der Waals surface area contributed by atoms with Crippen molar-refractivity contribution in [1.82, 2.24) is 10.2 Å². The number of methoxy groups -OCH3 is 2. The van der Waals surface area contributed by atoms with E-state index in [-0.39, 0.29) is 28.2 Å². The second-order valence-electron chi connectivity index (χ2n) is 6.73. The van der Waals surface area contributed by atoms with Crippen LogP contribution in [0.5, 0.6) is 11.5 Å². The first-order valence-corrected chi connectivity index (χ1v) is 10.2. The molecule has 1 fully saturated rings. The van der Waals surface area contributed by atoms with Crippen molar-refractivity contribution in [2.24, 2.45) is 0 Å². The topological polar surface area (TPSA) is 60.0 Å². The molecule has 0 bridgehead atoms. The lowest BCUT2D eigenvalue weighted by atomic mass is 10.0. The molecule has 1 saturated heterocycles. The lowest BCUT2D eigenvalue weighted by Gasteiger charge is -2.35. The van der Waals surface area contributed by atoms with Crippen LogP contribution in [-0.2, 0) is 4.74 Å². The minimum Gasteiger partial charge on any atom is -0.493 e. The minimum absolute atomic E-state index is 0.0339. The molecule has 0 aromatic heterocycles. The molecule has 6 nitrogen and oxygen atoms in total. The van der Waals surface area contributed by atoms with Crippen molar-refractivity contribution in [1.29, 1.82) is 0 Å². The molecule has 0 aliphatic carbocycles. The summed E-state index contributed by atoms with van der Waals surface area (Å²) >= 11 is 11.8. The van der Waals surface area contributed by atoms with E-state index >= 15 is 0 Å². The van der Waals surface area contributed by atoms with Crippen LogP contribution in [0, 0.1) is 5.82 Å². The van der Waals surface area contributed by atoms with Gasteiger partial charge in [0.15, 0.2) is 11.5 Å². The molecule has 9 heteroatoms. The third kappa shape index (κ3) is 5.16. The first-order chi connectivity index (χ1) is 14.4. The Morgan fingerprint density at radius 3 is 2.50 bits per heavy atom. The van der Waals surface area contributed by atoms with E-state index in [0.717, 1.165) is 11.6 Å². The molecule has 1 amide bonds. The number of rotatable bonds is 7. The zero-order chi connectivity index (χ0) is 21.7. The van der Waals surface area contributed by atoms with Crippen molar-refractivity contribution < 1.29 is 23.4 Å². The number of nitrogens with zero attached hydrogens (tertiary/aromatic N) is 1. The number of nitrogens with one attached hydrogen (secondary N) is 1. The quantitative estimate of drug-likeness (QED) is 0.639. The maximum Gasteiger partial charge on any atom is 0.252 e. The molecule has 1 aliphatic heterocycles. The molecule has 162 valence electrons. The van der Waals surface area contributed by atoms with Crippen LogP contribution in [0.1, 0.15) is 22.0 Å². The summed E-state index contributed by atoms with van der Waals surface area (Å²) in [6, 6.07) is 7.77. The van der Waals surface area contributed by atoms with E-state index in [4.69, 9.17) is 37.4 Å². The van der Waals surface area contributed by atoms with Gasteiger partial charge >= 0.3 is 0 Å². The van der Waals surface area contributed by atoms with Crippen LogP contribution in [0.2, 0.25) is 10.0 Å². The van der Waals surface area contributed by atoms with Crippen molar-refractivity contribution >= 4 is 29.1 Å². The number of halogens is 3. The largest absolute Gasteiger partial charge is 0.493 e. The summed E-state index contributed by atoms with van der Waals surface area (Å²) in [4.78, 5) is 14.9. The van der Waals surface area contributed by atoms with E-state index in [2.05, 4.69) is 10.2 Å². The van der Waals surface area contributed by atoms with Crippen molar-refractivity contribution in [2.45, 2.75) is 6.04 Å². The second-order valence-corrected chi connectivity index (χ2v) is 7.55. The fourth-order valence-corrected chi connectivity index (χ4v) is 3.86. The Morgan fingerprint density at radius 2 is 1.83 bits per heavy atom. The highest BCUT2D eigenvalue weighted by molar-refractivity contribution is 6.36. The van der Waals surface area contributed by atoms with Gasteiger partial charge in [0.25, 0.3) is 5.91 Å². The van der Waals surface area contributed by atoms with Crippen LogP contribution in [0.15, 0.2) is 30.3 Å². The van der Waals surface area contributed by atoms with Crippen LogP contribution in [0.4, 0.5) is 4.39 Å². The van der Waals surface area contributed by atoms with Crippen molar-refractivity contribution in [3.05, 3.63) is 57.3 Å². The number of hydrogen-bond acceptors (Lipinski definition) is 5. The van der Waals surface area contributed by atoms with Crippen LogP contribution in [0.25, 0.3) is 0 Å². The van der Waals surface area contributed by atoms with E-state index < -0.39 is 11.7 Å². The molecule has 0 radical (unpaired) electrons. The monoisotopic (exact) mass is 456 g/mol. The van der Waals surface area contributed by atoms with E-state index in [0.29, 0.717) is 37.8 Å². The Hall–Kier alpha value is -2.06. The Morgan fingerprint density at radius 1 is 1.13 bits per heavy atom. The summed E-state index contributed by atoms with van der Waals surface area (Å²) < 4.78 is 30.0. The average Bonchev–Trinajstić information content (AvgIpc) is 2.76. The summed E-state index contributed by atoms with van der Waals surface area (Å²) in [5, 5.41) is 2.82. The zero-order valence-electron chi connectivity index (χ0n) is 16.7. The highest BCUT2D eigenvalue weighted by Gasteiger charge is 2.25. The van der Waals surface area contributed by atoms with E-state index in [1.54, 1.807) is 14.2 Å². The molecular formula is C21H23Cl2FN2O4. The summed E-state index contributed by atoms with van der Waals surface area (Å²) in [7, 11) is 3.15. The standard InChI is InChI=1S/C21H23Cl2FN2O4/c1-28-19-4-3-13(9-20(19)29-2)18(26-5-7-30-8-6-26)12-25-21(27)14-10-17(24)16(23)11-15(14)22/h3-4,9-11,18H,5-8,12H2,1-2H3,(H,25,27). The molecule has 0 saturated carbocycles. The number of carbonyl (C=O) groups is 1. The van der Waals surface area contributed by atoms with Crippen LogP contribution in [-0.4, -0.2) is 57.9 Å². The Kier molecular flexibility index (Phi) is 7.77. The van der Waals surface area contributed by atoms with E-state index in [1.807, 2.05) is 18.2 Å². The molecule has 1 unspecified atom stereocenters. The molecular weight excluding hydrogens is 434 g/mol. The number of morpholine rings is 1. The molecule has 1 N–H and O–H groups in total. The Bertz CT molecular complexity index is 907. The van der Waals surface area contributed by atoms with Gasteiger partial charge in [0.05, 0.1) is 49.1 Å². The van der Waals surface area contributed by atoms with E-state index in [9.17, 15) is 9.18 Å². The molecule has 2 aromatic carbocycles. The summed E-state index contributed by atoms with van der Waals surface area (Å²) in [6.45, 7) is 2.92. The third-order valence-electron chi connectivity index (χ3n) is 4.99. The Balaban J connectivity index is 1.83. The molecule has 2 aromatic rings. The number of amides is 1. The van der Waals surface area contributed by atoms with Crippen molar-refractivity contribution in [2.75, 3.05) is 47.1 Å². The SMILES string of the molecule is COc1ccc(C(CNC(=O)c2cc(F)c(Cl)cc2Cl)N2CCOCC2)cc1OC. The van der Waals surface area contributed by atoms with Crippen molar-refractivity contribution in [3.63, 3.8) is 0 Å². The summed E-state index contributed by atoms with van der Waals surface area (Å²) in [5.74, 6) is 0.0435. The lowest BCUT2D eigenvalue weighted by Crippen LogP contribution is -2.43. The molecule has 1 aliphatic rings. The minimum atomic E-state index is -0.698. The van der Waals surface area contributed by atoms with Gasteiger partial charge in [0.2, 0.25) is 0 Å².